The first kappa shape index (κ1) is 12.9. The fraction of sp³-hybridized carbons (Fsp3) is 1.00. The fourth-order valence-corrected chi connectivity index (χ4v) is 3.92. The molecule has 0 radical (unpaired) electrons. The van der Waals surface area contributed by atoms with Gasteiger partial charge in [-0.2, -0.15) is 0 Å². The third kappa shape index (κ3) is 4.49. The highest BCUT2D eigenvalue weighted by molar-refractivity contribution is 7.91. The second-order valence-electron chi connectivity index (χ2n) is 4.32. The van der Waals surface area contributed by atoms with Gasteiger partial charge in [0.1, 0.15) is 0 Å². The Morgan fingerprint density at radius 3 is 2.73 bits per heavy atom. The van der Waals surface area contributed by atoms with Gasteiger partial charge in [0.2, 0.25) is 0 Å². The minimum Gasteiger partial charge on any atom is -0.385 e. The van der Waals surface area contributed by atoms with Gasteiger partial charge in [0, 0.05) is 19.8 Å². The Hall–Kier alpha value is -0.130. The zero-order chi connectivity index (χ0) is 11.3. The fourth-order valence-electron chi connectivity index (χ4n) is 2.02. The van der Waals surface area contributed by atoms with Crippen molar-refractivity contribution in [1.29, 1.82) is 0 Å². The van der Waals surface area contributed by atoms with Crippen molar-refractivity contribution in [2.45, 2.75) is 31.7 Å². The molecule has 5 heteroatoms. The van der Waals surface area contributed by atoms with Crippen LogP contribution in [0.3, 0.4) is 0 Å². The normalized spacial score (nSPS) is 26.7. The number of hydrogen-bond donors (Lipinski definition) is 1. The zero-order valence-corrected chi connectivity index (χ0v) is 10.1. The largest absolute Gasteiger partial charge is 0.385 e. The van der Waals surface area contributed by atoms with Crippen LogP contribution in [0.2, 0.25) is 0 Å². The van der Waals surface area contributed by atoms with Gasteiger partial charge >= 0.3 is 0 Å². The third-order valence-corrected chi connectivity index (χ3v) is 4.80. The third-order valence-electron chi connectivity index (χ3n) is 3.01. The van der Waals surface area contributed by atoms with Gasteiger partial charge in [-0.15, -0.1) is 0 Å². The highest BCUT2D eigenvalue weighted by atomic mass is 32.2. The average Bonchev–Trinajstić information content (AvgIpc) is 2.53. The Morgan fingerprint density at radius 1 is 1.47 bits per heavy atom. The lowest BCUT2D eigenvalue weighted by molar-refractivity contribution is 0.190. The van der Waals surface area contributed by atoms with Crippen molar-refractivity contribution >= 4 is 9.84 Å². The maximum atomic E-state index is 11.2. The maximum Gasteiger partial charge on any atom is 0.150 e. The minimum absolute atomic E-state index is 0.0409. The summed E-state index contributed by atoms with van der Waals surface area (Å²) in [6.07, 6.45) is 3.67. The van der Waals surface area contributed by atoms with E-state index in [1.807, 2.05) is 0 Å². The van der Waals surface area contributed by atoms with Gasteiger partial charge in [0.15, 0.2) is 9.84 Å². The van der Waals surface area contributed by atoms with Crippen LogP contribution in [0.15, 0.2) is 0 Å². The first-order valence-electron chi connectivity index (χ1n) is 5.50. The molecular formula is C10H21NO3S. The number of nitrogens with two attached hydrogens (primary N) is 1. The molecule has 15 heavy (non-hydrogen) atoms. The van der Waals surface area contributed by atoms with Crippen LogP contribution in [-0.4, -0.2) is 39.7 Å². The summed E-state index contributed by atoms with van der Waals surface area (Å²) in [6.45, 7) is 0.760. The lowest BCUT2D eigenvalue weighted by atomic mass is 9.95. The summed E-state index contributed by atoms with van der Waals surface area (Å²) in [4.78, 5) is 0. The Bertz CT molecular complexity index is 276. The number of ether oxygens (including phenoxy) is 1. The van der Waals surface area contributed by atoms with E-state index >= 15 is 0 Å². The van der Waals surface area contributed by atoms with Crippen molar-refractivity contribution in [2.75, 3.05) is 25.2 Å². The van der Waals surface area contributed by atoms with Crippen LogP contribution in [-0.2, 0) is 14.6 Å². The van der Waals surface area contributed by atoms with E-state index in [0.717, 1.165) is 32.3 Å². The van der Waals surface area contributed by atoms with Gasteiger partial charge in [0.25, 0.3) is 0 Å². The standard InChI is InChI=1S/C10H21NO3S/c1-14-6-3-2-4-10(11)9-5-7-15(12,13)8-9/h9-10H,2-8,11H2,1H3. The quantitative estimate of drug-likeness (QED) is 0.683. The van der Waals surface area contributed by atoms with Gasteiger partial charge in [-0.25, -0.2) is 8.42 Å². The Morgan fingerprint density at radius 2 is 2.20 bits per heavy atom. The molecule has 0 amide bonds. The van der Waals surface area contributed by atoms with Crippen molar-refractivity contribution in [3.63, 3.8) is 0 Å². The van der Waals surface area contributed by atoms with Crippen LogP contribution in [0.25, 0.3) is 0 Å². The molecule has 4 nitrogen and oxygen atoms in total. The summed E-state index contributed by atoms with van der Waals surface area (Å²) in [5, 5.41) is 0. The van der Waals surface area contributed by atoms with Crippen LogP contribution in [0.4, 0.5) is 0 Å². The van der Waals surface area contributed by atoms with E-state index in [-0.39, 0.29) is 12.0 Å². The van der Waals surface area contributed by atoms with Crippen molar-refractivity contribution < 1.29 is 13.2 Å². The predicted octanol–water partition coefficient (Wildman–Crippen LogP) is 0.565. The molecule has 0 saturated carbocycles. The van der Waals surface area contributed by atoms with Crippen LogP contribution in [0.1, 0.15) is 25.7 Å². The Labute approximate surface area is 92.1 Å². The lowest BCUT2D eigenvalue weighted by Crippen LogP contribution is -2.30. The molecule has 1 aliphatic heterocycles. The van der Waals surface area contributed by atoms with Crippen molar-refractivity contribution in [1.82, 2.24) is 0 Å². The number of rotatable bonds is 6. The monoisotopic (exact) mass is 235 g/mol. The second kappa shape index (κ2) is 5.82. The summed E-state index contributed by atoms with van der Waals surface area (Å²) in [7, 11) is -1.10. The van der Waals surface area contributed by atoms with Crippen LogP contribution in [0, 0.1) is 5.92 Å². The molecule has 90 valence electrons. The summed E-state index contributed by atoms with van der Waals surface area (Å²) in [6, 6.07) is 0.0409. The molecular weight excluding hydrogens is 214 g/mol. The number of unbranched alkanes of at least 4 members (excludes halogenated alkanes) is 1. The molecule has 0 aromatic carbocycles. The molecule has 1 rings (SSSR count). The zero-order valence-electron chi connectivity index (χ0n) is 9.31. The smallest absolute Gasteiger partial charge is 0.150 e. The first-order chi connectivity index (χ1) is 7.05. The van der Waals surface area contributed by atoms with E-state index in [4.69, 9.17) is 10.5 Å². The Balaban J connectivity index is 2.21. The number of methoxy groups -OCH3 is 1. The molecule has 2 atom stereocenters. The van der Waals surface area contributed by atoms with Gasteiger partial charge < -0.3 is 10.5 Å². The van der Waals surface area contributed by atoms with E-state index in [0.29, 0.717) is 11.5 Å². The van der Waals surface area contributed by atoms with E-state index in [9.17, 15) is 8.42 Å². The van der Waals surface area contributed by atoms with E-state index < -0.39 is 9.84 Å². The molecule has 1 aliphatic rings. The molecule has 0 bridgehead atoms. The van der Waals surface area contributed by atoms with Crippen LogP contribution < -0.4 is 5.73 Å². The molecule has 0 spiro atoms. The number of hydrogen-bond acceptors (Lipinski definition) is 4. The van der Waals surface area contributed by atoms with Crippen LogP contribution in [0.5, 0.6) is 0 Å². The van der Waals surface area contributed by atoms with Crippen molar-refractivity contribution in [3.05, 3.63) is 0 Å². The topological polar surface area (TPSA) is 69.4 Å². The minimum atomic E-state index is -2.78. The average molecular weight is 235 g/mol. The molecule has 1 heterocycles. The molecule has 2 N–H and O–H groups in total. The molecule has 1 saturated heterocycles. The lowest BCUT2D eigenvalue weighted by Gasteiger charge is -2.17. The molecule has 0 aliphatic carbocycles. The van der Waals surface area contributed by atoms with Crippen molar-refractivity contribution in [2.24, 2.45) is 11.7 Å². The molecule has 0 aromatic rings. The van der Waals surface area contributed by atoms with E-state index in [1.165, 1.54) is 0 Å². The summed E-state index contributed by atoms with van der Waals surface area (Å²) < 4.78 is 27.4. The second-order valence-corrected chi connectivity index (χ2v) is 6.54. The highest BCUT2D eigenvalue weighted by Crippen LogP contribution is 2.23. The van der Waals surface area contributed by atoms with Crippen LogP contribution >= 0.6 is 0 Å². The molecule has 0 aromatic heterocycles. The van der Waals surface area contributed by atoms with Gasteiger partial charge in [-0.05, 0) is 31.6 Å². The molecule has 1 fully saturated rings. The first-order valence-corrected chi connectivity index (χ1v) is 7.32. The van der Waals surface area contributed by atoms with E-state index in [2.05, 4.69) is 0 Å². The number of sulfone groups is 1. The Kier molecular flexibility index (Phi) is 5.02. The molecule has 2 unspecified atom stereocenters. The summed E-state index contributed by atoms with van der Waals surface area (Å²) in [5.74, 6) is 0.791. The van der Waals surface area contributed by atoms with Gasteiger partial charge in [-0.1, -0.05) is 0 Å². The SMILES string of the molecule is COCCCCC(N)C1CCS(=O)(=O)C1. The van der Waals surface area contributed by atoms with E-state index in [1.54, 1.807) is 7.11 Å². The van der Waals surface area contributed by atoms with Crippen molar-refractivity contribution in [3.8, 4) is 0 Å². The highest BCUT2D eigenvalue weighted by Gasteiger charge is 2.31. The predicted molar refractivity (Wildman–Crippen MR) is 60.5 cm³/mol. The van der Waals surface area contributed by atoms with Gasteiger partial charge in [-0.3, -0.25) is 0 Å². The van der Waals surface area contributed by atoms with Gasteiger partial charge in [0.05, 0.1) is 11.5 Å². The maximum absolute atomic E-state index is 11.2. The summed E-state index contributed by atoms with van der Waals surface area (Å²) in [5.41, 5.74) is 5.98. The summed E-state index contributed by atoms with van der Waals surface area (Å²) >= 11 is 0.